The summed E-state index contributed by atoms with van der Waals surface area (Å²) in [6, 6.07) is 8.56. The quantitative estimate of drug-likeness (QED) is 0.502. The molecule has 0 spiro atoms. The molecule has 1 atom stereocenters. The van der Waals surface area contributed by atoms with Crippen molar-refractivity contribution in [2.75, 3.05) is 31.1 Å². The first-order valence-electron chi connectivity index (χ1n) is 10.3. The first-order valence-corrected chi connectivity index (χ1v) is 11.9. The van der Waals surface area contributed by atoms with Gasteiger partial charge < -0.3 is 4.90 Å². The molecule has 0 amide bonds. The molecule has 1 unspecified atom stereocenters. The minimum Gasteiger partial charge on any atom is -0.338 e. The minimum atomic E-state index is -3.56. The van der Waals surface area contributed by atoms with Gasteiger partial charge in [-0.1, -0.05) is 24.6 Å². The number of piperazine rings is 1. The highest BCUT2D eigenvalue weighted by atomic mass is 35.5. The van der Waals surface area contributed by atoms with Crippen LogP contribution in [0.15, 0.2) is 47.6 Å². The zero-order chi connectivity index (χ0) is 21.8. The van der Waals surface area contributed by atoms with Gasteiger partial charge in [-0.3, -0.25) is 4.90 Å². The summed E-state index contributed by atoms with van der Waals surface area (Å²) in [5.74, 6) is 1.01. The van der Waals surface area contributed by atoms with Crippen LogP contribution in [0.2, 0.25) is 0 Å². The number of hydrogen-bond donors (Lipinski definition) is 0. The standard InChI is InChI=1S/C20H26N8O2S.ClH/c1-3-18(26-11-13-27(14-12-26)20-21-9-4-10-22-20)19-23-24-25-28(19)15-31(29,30)17-7-5-16(2)6-8-17;/h4-10,18H,3,11-15H2,1-2H3;1H. The fraction of sp³-hybridized carbons (Fsp3) is 0.450. The third kappa shape index (κ3) is 5.22. The maximum atomic E-state index is 12.9. The van der Waals surface area contributed by atoms with Gasteiger partial charge in [0.05, 0.1) is 10.9 Å². The number of nitrogens with zero attached hydrogens (tertiary/aromatic N) is 8. The van der Waals surface area contributed by atoms with Crippen molar-refractivity contribution in [3.63, 3.8) is 0 Å². The van der Waals surface area contributed by atoms with E-state index >= 15 is 0 Å². The van der Waals surface area contributed by atoms with Gasteiger partial charge in [-0.15, -0.1) is 17.5 Å². The summed E-state index contributed by atoms with van der Waals surface area (Å²) >= 11 is 0. The number of benzene rings is 1. The lowest BCUT2D eigenvalue weighted by Crippen LogP contribution is -2.48. The normalized spacial score (nSPS) is 15.9. The van der Waals surface area contributed by atoms with E-state index in [4.69, 9.17) is 0 Å². The molecule has 0 N–H and O–H groups in total. The van der Waals surface area contributed by atoms with E-state index in [2.05, 4.69) is 42.2 Å². The van der Waals surface area contributed by atoms with Crippen LogP contribution in [-0.4, -0.2) is 69.7 Å². The van der Waals surface area contributed by atoms with E-state index in [1.165, 1.54) is 4.68 Å². The first kappa shape index (κ1) is 24.0. The van der Waals surface area contributed by atoms with E-state index in [1.807, 2.05) is 6.92 Å². The number of rotatable bonds is 7. The van der Waals surface area contributed by atoms with Crippen LogP contribution in [0.4, 0.5) is 5.95 Å². The van der Waals surface area contributed by atoms with Crippen molar-refractivity contribution < 1.29 is 8.42 Å². The maximum absolute atomic E-state index is 12.9. The molecule has 12 heteroatoms. The second kappa shape index (κ2) is 10.3. The van der Waals surface area contributed by atoms with Crippen molar-refractivity contribution in [1.29, 1.82) is 0 Å². The summed E-state index contributed by atoms with van der Waals surface area (Å²) in [7, 11) is -3.56. The summed E-state index contributed by atoms with van der Waals surface area (Å²) in [6.45, 7) is 7.12. The lowest BCUT2D eigenvalue weighted by Gasteiger charge is -2.38. The van der Waals surface area contributed by atoms with Crippen molar-refractivity contribution >= 4 is 28.2 Å². The summed E-state index contributed by atoms with van der Waals surface area (Å²) in [5, 5.41) is 12.0. The Bertz CT molecular complexity index is 1100. The molecule has 0 radical (unpaired) electrons. The van der Waals surface area contributed by atoms with E-state index < -0.39 is 9.84 Å². The number of halogens is 1. The summed E-state index contributed by atoms with van der Waals surface area (Å²) < 4.78 is 27.2. The van der Waals surface area contributed by atoms with Gasteiger partial charge in [-0.05, 0) is 42.0 Å². The topological polar surface area (TPSA) is 110 Å². The molecular formula is C20H27ClN8O2S. The van der Waals surface area contributed by atoms with E-state index in [0.717, 1.165) is 44.1 Å². The van der Waals surface area contributed by atoms with Crippen LogP contribution >= 0.6 is 12.4 Å². The van der Waals surface area contributed by atoms with Gasteiger partial charge in [-0.25, -0.2) is 23.1 Å². The first-order chi connectivity index (χ1) is 15.0. The summed E-state index contributed by atoms with van der Waals surface area (Å²) in [4.78, 5) is 13.4. The van der Waals surface area contributed by atoms with Gasteiger partial charge in [0, 0.05) is 38.6 Å². The fourth-order valence-electron chi connectivity index (χ4n) is 3.82. The highest BCUT2D eigenvalue weighted by Gasteiger charge is 2.30. The molecule has 1 fully saturated rings. The van der Waals surface area contributed by atoms with Gasteiger partial charge in [-0.2, -0.15) is 0 Å². The Balaban J connectivity index is 0.00000289. The van der Waals surface area contributed by atoms with Crippen molar-refractivity contribution in [3.05, 3.63) is 54.1 Å². The van der Waals surface area contributed by atoms with Crippen LogP contribution in [0.1, 0.15) is 30.8 Å². The minimum absolute atomic E-state index is 0. The number of aromatic nitrogens is 6. The molecule has 1 aliphatic rings. The number of anilines is 1. The Morgan fingerprint density at radius 2 is 1.69 bits per heavy atom. The van der Waals surface area contributed by atoms with Gasteiger partial charge >= 0.3 is 0 Å². The van der Waals surface area contributed by atoms with Crippen molar-refractivity contribution in [1.82, 2.24) is 35.1 Å². The molecule has 172 valence electrons. The molecule has 3 heterocycles. The zero-order valence-electron chi connectivity index (χ0n) is 18.1. The Morgan fingerprint density at radius 3 is 2.31 bits per heavy atom. The van der Waals surface area contributed by atoms with Crippen LogP contribution in [0.3, 0.4) is 0 Å². The number of aryl methyl sites for hydroxylation is 1. The van der Waals surface area contributed by atoms with Crippen LogP contribution in [0.25, 0.3) is 0 Å². The Hall–Kier alpha value is -2.63. The van der Waals surface area contributed by atoms with Crippen molar-refractivity contribution in [3.8, 4) is 0 Å². The largest absolute Gasteiger partial charge is 0.338 e. The Labute approximate surface area is 194 Å². The second-order valence-electron chi connectivity index (χ2n) is 7.59. The smallest absolute Gasteiger partial charge is 0.225 e. The second-order valence-corrected chi connectivity index (χ2v) is 9.55. The molecule has 0 bridgehead atoms. The Morgan fingerprint density at radius 1 is 1.03 bits per heavy atom. The molecule has 4 rings (SSSR count). The summed E-state index contributed by atoms with van der Waals surface area (Å²) in [5.41, 5.74) is 1.01. The molecule has 0 saturated carbocycles. The molecule has 1 aromatic carbocycles. The van der Waals surface area contributed by atoms with Crippen molar-refractivity contribution in [2.24, 2.45) is 0 Å². The molecule has 10 nitrogen and oxygen atoms in total. The van der Waals surface area contributed by atoms with Crippen LogP contribution in [0, 0.1) is 6.92 Å². The third-order valence-corrected chi connectivity index (χ3v) is 7.08. The molecule has 3 aromatic rings. The van der Waals surface area contributed by atoms with Gasteiger partial charge in [0.25, 0.3) is 0 Å². The lowest BCUT2D eigenvalue weighted by molar-refractivity contribution is 0.169. The van der Waals surface area contributed by atoms with Gasteiger partial charge in [0.1, 0.15) is 0 Å². The highest BCUT2D eigenvalue weighted by molar-refractivity contribution is 7.90. The van der Waals surface area contributed by atoms with Crippen LogP contribution in [-0.2, 0) is 15.7 Å². The van der Waals surface area contributed by atoms with E-state index in [1.54, 1.807) is 42.7 Å². The average molecular weight is 479 g/mol. The number of tetrazole rings is 1. The third-order valence-electron chi connectivity index (χ3n) is 5.51. The molecular weight excluding hydrogens is 452 g/mol. The molecule has 1 aliphatic heterocycles. The molecule has 32 heavy (non-hydrogen) atoms. The van der Waals surface area contributed by atoms with Gasteiger partial charge in [0.2, 0.25) is 5.95 Å². The highest BCUT2D eigenvalue weighted by Crippen LogP contribution is 2.25. The summed E-state index contributed by atoms with van der Waals surface area (Å²) in [6.07, 6.45) is 4.26. The van der Waals surface area contributed by atoms with Crippen LogP contribution < -0.4 is 4.90 Å². The molecule has 2 aromatic heterocycles. The van der Waals surface area contributed by atoms with E-state index in [-0.39, 0.29) is 29.2 Å². The SMILES string of the molecule is CCC(c1nnnn1CS(=O)(=O)c1ccc(C)cc1)N1CCN(c2ncccn2)CC1.Cl. The Kier molecular flexibility index (Phi) is 7.75. The average Bonchev–Trinajstić information content (AvgIpc) is 3.23. The zero-order valence-corrected chi connectivity index (χ0v) is 19.7. The predicted octanol–water partition coefficient (Wildman–Crippen LogP) is 1.90. The molecule has 1 saturated heterocycles. The maximum Gasteiger partial charge on any atom is 0.225 e. The lowest BCUT2D eigenvalue weighted by atomic mass is 10.1. The van der Waals surface area contributed by atoms with Crippen molar-refractivity contribution in [2.45, 2.75) is 37.1 Å². The molecule has 0 aliphatic carbocycles. The van der Waals surface area contributed by atoms with Crippen LogP contribution in [0.5, 0.6) is 0 Å². The van der Waals surface area contributed by atoms with E-state index in [0.29, 0.717) is 5.82 Å². The number of sulfone groups is 1. The van der Waals surface area contributed by atoms with Gasteiger partial charge in [0.15, 0.2) is 21.5 Å². The predicted molar refractivity (Wildman–Crippen MR) is 122 cm³/mol. The number of hydrogen-bond acceptors (Lipinski definition) is 9. The van der Waals surface area contributed by atoms with E-state index in [9.17, 15) is 8.42 Å². The monoisotopic (exact) mass is 478 g/mol. The fourth-order valence-corrected chi connectivity index (χ4v) is 5.02.